The number of nitrogens with one attached hydrogen (secondary N) is 1. The zero-order chi connectivity index (χ0) is 14.5. The molecule has 0 radical (unpaired) electrons. The summed E-state index contributed by atoms with van der Waals surface area (Å²) in [5.41, 5.74) is 2.70. The first-order valence-electron chi connectivity index (χ1n) is 6.90. The number of anilines is 1. The molecule has 0 amide bonds. The molecule has 0 aromatic heterocycles. The average molecular weight is 275 g/mol. The predicted octanol–water partition coefficient (Wildman–Crippen LogP) is 5.09. The van der Waals surface area contributed by atoms with Crippen LogP contribution in [0.4, 0.5) is 14.5 Å². The third kappa shape index (κ3) is 3.56. The first-order valence-corrected chi connectivity index (χ1v) is 6.90. The number of hydrogen-bond donors (Lipinski definition) is 1. The van der Waals surface area contributed by atoms with Gasteiger partial charge in [-0.15, -0.1) is 0 Å². The molecule has 1 nitrogen and oxygen atoms in total. The van der Waals surface area contributed by atoms with Gasteiger partial charge in [-0.05, 0) is 36.6 Å². The van der Waals surface area contributed by atoms with Crippen molar-refractivity contribution in [3.8, 4) is 0 Å². The molecule has 0 bridgehead atoms. The fourth-order valence-electron chi connectivity index (χ4n) is 2.18. The van der Waals surface area contributed by atoms with Crippen molar-refractivity contribution in [1.29, 1.82) is 0 Å². The van der Waals surface area contributed by atoms with Gasteiger partial charge in [0, 0.05) is 12.1 Å². The molecule has 3 heteroatoms. The van der Waals surface area contributed by atoms with E-state index in [-0.39, 0.29) is 6.04 Å². The van der Waals surface area contributed by atoms with Gasteiger partial charge < -0.3 is 5.32 Å². The van der Waals surface area contributed by atoms with Crippen LogP contribution in [0.2, 0.25) is 0 Å². The van der Waals surface area contributed by atoms with Crippen molar-refractivity contribution in [2.24, 2.45) is 0 Å². The second-order valence-corrected chi connectivity index (χ2v) is 4.98. The Labute approximate surface area is 118 Å². The maximum absolute atomic E-state index is 13.6. The molecule has 0 aliphatic carbocycles. The summed E-state index contributed by atoms with van der Waals surface area (Å²) in [6.45, 7) is 4.10. The van der Waals surface area contributed by atoms with Crippen molar-refractivity contribution in [2.45, 2.75) is 32.7 Å². The van der Waals surface area contributed by atoms with E-state index in [4.69, 9.17) is 0 Å². The fraction of sp³-hybridized carbons (Fsp3) is 0.294. The molecule has 0 fully saturated rings. The van der Waals surface area contributed by atoms with E-state index in [1.54, 1.807) is 0 Å². The minimum absolute atomic E-state index is 0.0364. The van der Waals surface area contributed by atoms with Crippen LogP contribution in [0, 0.1) is 11.6 Å². The third-order valence-corrected chi connectivity index (χ3v) is 3.32. The monoisotopic (exact) mass is 275 g/mol. The standard InChI is InChI=1S/C17H19F2N/c1-3-4-13-5-7-14(8-6-13)12(2)20-17-10-9-15(18)11-16(17)19/h5-12,20H,3-4H2,1-2H3. The lowest BCUT2D eigenvalue weighted by Crippen LogP contribution is -2.08. The van der Waals surface area contributed by atoms with Gasteiger partial charge in [0.2, 0.25) is 0 Å². The van der Waals surface area contributed by atoms with Gasteiger partial charge in [0.15, 0.2) is 0 Å². The van der Waals surface area contributed by atoms with Gasteiger partial charge >= 0.3 is 0 Å². The molecule has 1 atom stereocenters. The summed E-state index contributed by atoms with van der Waals surface area (Å²) in [6, 6.07) is 11.8. The molecule has 0 saturated heterocycles. The summed E-state index contributed by atoms with van der Waals surface area (Å²) in [4.78, 5) is 0. The van der Waals surface area contributed by atoms with Crippen LogP contribution in [-0.4, -0.2) is 0 Å². The lowest BCUT2D eigenvalue weighted by molar-refractivity contribution is 0.584. The second kappa shape index (κ2) is 6.51. The van der Waals surface area contributed by atoms with Crippen LogP contribution in [0.1, 0.15) is 37.4 Å². The Balaban J connectivity index is 2.09. The highest BCUT2D eigenvalue weighted by molar-refractivity contribution is 5.47. The molecular weight excluding hydrogens is 256 g/mol. The smallest absolute Gasteiger partial charge is 0.149 e. The van der Waals surface area contributed by atoms with Crippen LogP contribution in [0.3, 0.4) is 0 Å². The molecule has 20 heavy (non-hydrogen) atoms. The first kappa shape index (κ1) is 14.5. The van der Waals surface area contributed by atoms with E-state index in [1.807, 2.05) is 19.1 Å². The Kier molecular flexibility index (Phi) is 4.72. The number of aryl methyl sites for hydroxylation is 1. The van der Waals surface area contributed by atoms with E-state index in [1.165, 1.54) is 17.7 Å². The van der Waals surface area contributed by atoms with Crippen molar-refractivity contribution in [2.75, 3.05) is 5.32 Å². The van der Waals surface area contributed by atoms with Crippen LogP contribution < -0.4 is 5.32 Å². The van der Waals surface area contributed by atoms with Crippen LogP contribution in [0.15, 0.2) is 42.5 Å². The van der Waals surface area contributed by atoms with Crippen LogP contribution in [0.5, 0.6) is 0 Å². The van der Waals surface area contributed by atoms with Gasteiger partial charge in [0.05, 0.1) is 5.69 Å². The predicted molar refractivity (Wildman–Crippen MR) is 78.8 cm³/mol. The van der Waals surface area contributed by atoms with Crippen molar-refractivity contribution >= 4 is 5.69 Å². The Hall–Kier alpha value is -1.90. The summed E-state index contributed by atoms with van der Waals surface area (Å²) in [5.74, 6) is -1.14. The van der Waals surface area contributed by atoms with Gasteiger partial charge in [0.1, 0.15) is 11.6 Å². The molecule has 0 spiro atoms. The van der Waals surface area contributed by atoms with E-state index >= 15 is 0 Å². The van der Waals surface area contributed by atoms with Crippen LogP contribution >= 0.6 is 0 Å². The first-order chi connectivity index (χ1) is 9.60. The van der Waals surface area contributed by atoms with Gasteiger partial charge in [-0.3, -0.25) is 0 Å². The number of rotatable bonds is 5. The summed E-state index contributed by atoms with van der Waals surface area (Å²) in [7, 11) is 0. The van der Waals surface area contributed by atoms with Crippen molar-refractivity contribution in [3.63, 3.8) is 0 Å². The van der Waals surface area contributed by atoms with Gasteiger partial charge in [-0.1, -0.05) is 37.6 Å². The molecule has 106 valence electrons. The van der Waals surface area contributed by atoms with Crippen LogP contribution in [0.25, 0.3) is 0 Å². The number of hydrogen-bond acceptors (Lipinski definition) is 1. The molecule has 0 aliphatic rings. The molecule has 1 N–H and O–H groups in total. The minimum Gasteiger partial charge on any atom is -0.376 e. The summed E-state index contributed by atoms with van der Waals surface area (Å²) < 4.78 is 26.4. The third-order valence-electron chi connectivity index (χ3n) is 3.32. The zero-order valence-electron chi connectivity index (χ0n) is 11.8. The summed E-state index contributed by atoms with van der Waals surface area (Å²) in [5, 5.41) is 3.06. The topological polar surface area (TPSA) is 12.0 Å². The summed E-state index contributed by atoms with van der Waals surface area (Å²) >= 11 is 0. The highest BCUT2D eigenvalue weighted by Gasteiger charge is 2.09. The second-order valence-electron chi connectivity index (χ2n) is 4.98. The molecule has 2 rings (SSSR count). The highest BCUT2D eigenvalue weighted by Crippen LogP contribution is 2.22. The molecular formula is C17H19F2N. The molecule has 2 aromatic carbocycles. The normalized spacial score (nSPS) is 12.2. The quantitative estimate of drug-likeness (QED) is 0.801. The van der Waals surface area contributed by atoms with Crippen LogP contribution in [-0.2, 0) is 6.42 Å². The number of benzene rings is 2. The maximum Gasteiger partial charge on any atom is 0.149 e. The van der Waals surface area contributed by atoms with E-state index in [0.29, 0.717) is 5.69 Å². The summed E-state index contributed by atoms with van der Waals surface area (Å²) in [6.07, 6.45) is 2.18. The molecule has 0 aliphatic heterocycles. The van der Waals surface area contributed by atoms with Crippen molar-refractivity contribution in [3.05, 3.63) is 65.2 Å². The lowest BCUT2D eigenvalue weighted by Gasteiger charge is -2.16. The lowest BCUT2D eigenvalue weighted by atomic mass is 10.0. The fourth-order valence-corrected chi connectivity index (χ4v) is 2.18. The Bertz CT molecular complexity index is 564. The number of halogens is 2. The van der Waals surface area contributed by atoms with Gasteiger partial charge in [-0.2, -0.15) is 0 Å². The van der Waals surface area contributed by atoms with Gasteiger partial charge in [0.25, 0.3) is 0 Å². The van der Waals surface area contributed by atoms with E-state index in [2.05, 4.69) is 24.4 Å². The zero-order valence-corrected chi connectivity index (χ0v) is 11.8. The Morgan fingerprint density at radius 3 is 2.35 bits per heavy atom. The average Bonchev–Trinajstić information content (AvgIpc) is 2.43. The van der Waals surface area contributed by atoms with Crippen molar-refractivity contribution < 1.29 is 8.78 Å². The van der Waals surface area contributed by atoms with Gasteiger partial charge in [-0.25, -0.2) is 8.78 Å². The SMILES string of the molecule is CCCc1ccc(C(C)Nc2ccc(F)cc2F)cc1. The van der Waals surface area contributed by atoms with E-state index in [9.17, 15) is 8.78 Å². The largest absolute Gasteiger partial charge is 0.376 e. The molecule has 0 heterocycles. The molecule has 1 unspecified atom stereocenters. The molecule has 2 aromatic rings. The Morgan fingerprint density at radius 1 is 1.05 bits per heavy atom. The Morgan fingerprint density at radius 2 is 1.75 bits per heavy atom. The highest BCUT2D eigenvalue weighted by atomic mass is 19.1. The van der Waals surface area contributed by atoms with E-state index < -0.39 is 11.6 Å². The minimum atomic E-state index is -0.570. The van der Waals surface area contributed by atoms with Crippen molar-refractivity contribution in [1.82, 2.24) is 0 Å². The molecule has 0 saturated carbocycles. The van der Waals surface area contributed by atoms with E-state index in [0.717, 1.165) is 24.5 Å². The maximum atomic E-state index is 13.6.